The van der Waals surface area contributed by atoms with E-state index in [1.165, 1.54) is 22.8 Å². The summed E-state index contributed by atoms with van der Waals surface area (Å²) in [6, 6.07) is 4.58. The molecule has 0 aliphatic heterocycles. The van der Waals surface area contributed by atoms with Crippen molar-refractivity contribution in [3.05, 3.63) is 75.2 Å². The highest BCUT2D eigenvalue weighted by Gasteiger charge is 2.21. The fraction of sp³-hybridized carbons (Fsp3) is 0.174. The molecule has 1 saturated carbocycles. The van der Waals surface area contributed by atoms with Crippen molar-refractivity contribution in [1.82, 2.24) is 39.5 Å². The molecule has 1 aliphatic carbocycles. The first-order valence-electron chi connectivity index (χ1n) is 11.4. The Kier molecular flexibility index (Phi) is 5.32. The molecule has 1 aromatic carbocycles. The molecule has 1 aliphatic rings. The quantitative estimate of drug-likeness (QED) is 0.217. The number of halogens is 1. The minimum Gasteiger partial charge on any atom is -0.493 e. The number of anilines is 2. The summed E-state index contributed by atoms with van der Waals surface area (Å²) in [4.78, 5) is 38.1. The molecule has 1 fully saturated rings. The molecule has 14 heteroatoms. The van der Waals surface area contributed by atoms with Crippen molar-refractivity contribution >= 4 is 23.6 Å². The van der Waals surface area contributed by atoms with Gasteiger partial charge in [-0.3, -0.25) is 4.98 Å². The van der Waals surface area contributed by atoms with Gasteiger partial charge in [0.05, 0.1) is 12.2 Å². The number of imidazole rings is 1. The molecular weight excluding hydrogens is 481 g/mol. The number of fused-ring (bicyclic) bond motifs is 1. The Morgan fingerprint density at radius 2 is 2.03 bits per heavy atom. The minimum absolute atomic E-state index is 0.143. The summed E-state index contributed by atoms with van der Waals surface area (Å²) in [5.41, 5.74) is 8.04. The third-order valence-electron chi connectivity index (χ3n) is 5.75. The zero-order valence-corrected chi connectivity index (χ0v) is 19.2. The predicted molar refractivity (Wildman–Crippen MR) is 130 cm³/mol. The first kappa shape index (κ1) is 22.3. The van der Waals surface area contributed by atoms with Crippen LogP contribution in [0.3, 0.4) is 0 Å². The van der Waals surface area contributed by atoms with Gasteiger partial charge in [-0.1, -0.05) is 6.07 Å². The molecule has 37 heavy (non-hydrogen) atoms. The van der Waals surface area contributed by atoms with Gasteiger partial charge in [0, 0.05) is 29.7 Å². The molecule has 0 saturated heterocycles. The molecule has 0 bridgehead atoms. The highest BCUT2D eigenvalue weighted by molar-refractivity contribution is 5.66. The molecule has 0 amide bonds. The van der Waals surface area contributed by atoms with Crippen molar-refractivity contribution < 1.29 is 9.50 Å². The number of nitrogens with one attached hydrogen (secondary N) is 3. The third-order valence-corrected chi connectivity index (χ3v) is 5.75. The molecule has 0 radical (unpaired) electrons. The number of nitrogens with two attached hydrogens (primary N) is 1. The van der Waals surface area contributed by atoms with Gasteiger partial charge in [-0.25, -0.2) is 24.1 Å². The number of rotatable bonds is 6. The van der Waals surface area contributed by atoms with Crippen molar-refractivity contribution in [3.63, 3.8) is 0 Å². The fourth-order valence-corrected chi connectivity index (χ4v) is 3.80. The van der Waals surface area contributed by atoms with Crippen molar-refractivity contribution in [2.75, 3.05) is 11.1 Å². The van der Waals surface area contributed by atoms with Crippen LogP contribution in [-0.2, 0) is 6.54 Å². The van der Waals surface area contributed by atoms with Crippen molar-refractivity contribution in [2.24, 2.45) is 4.99 Å². The lowest BCUT2D eigenvalue weighted by Gasteiger charge is -2.11. The number of aromatic hydroxyl groups is 1. The van der Waals surface area contributed by atoms with Gasteiger partial charge in [0.15, 0.2) is 5.65 Å². The highest BCUT2D eigenvalue weighted by Crippen LogP contribution is 2.25. The summed E-state index contributed by atoms with van der Waals surface area (Å²) in [5.74, 6) is -0.308. The summed E-state index contributed by atoms with van der Waals surface area (Å²) in [6.07, 6.45) is 8.15. The van der Waals surface area contributed by atoms with Crippen LogP contribution < -0.4 is 27.6 Å². The van der Waals surface area contributed by atoms with E-state index in [0.29, 0.717) is 27.6 Å². The lowest BCUT2D eigenvalue weighted by molar-refractivity contribution is 0.454. The van der Waals surface area contributed by atoms with Gasteiger partial charge in [0.25, 0.3) is 5.62 Å². The fourth-order valence-electron chi connectivity index (χ4n) is 3.80. The molecular formula is C23H20FN11O2. The number of benzene rings is 1. The molecule has 0 unspecified atom stereocenters. The van der Waals surface area contributed by atoms with Gasteiger partial charge in [0.1, 0.15) is 11.5 Å². The number of nitrogen functional groups attached to an aromatic ring is 1. The second-order valence-electron chi connectivity index (χ2n) is 8.51. The van der Waals surface area contributed by atoms with Crippen molar-refractivity contribution in [3.8, 4) is 17.0 Å². The van der Waals surface area contributed by atoms with E-state index < -0.39 is 11.5 Å². The van der Waals surface area contributed by atoms with Crippen LogP contribution in [0.1, 0.15) is 24.1 Å². The lowest BCUT2D eigenvalue weighted by Crippen LogP contribution is -2.24. The van der Waals surface area contributed by atoms with E-state index in [1.54, 1.807) is 24.5 Å². The topological polar surface area (TPSA) is 188 Å². The highest BCUT2D eigenvalue weighted by atomic mass is 19.1. The van der Waals surface area contributed by atoms with Gasteiger partial charge in [0.2, 0.25) is 17.8 Å². The van der Waals surface area contributed by atoms with Crippen LogP contribution in [-0.4, -0.2) is 50.7 Å². The molecule has 5 aromatic rings. The largest absolute Gasteiger partial charge is 0.493 e. The van der Waals surface area contributed by atoms with E-state index >= 15 is 0 Å². The maximum absolute atomic E-state index is 14.1. The van der Waals surface area contributed by atoms with Gasteiger partial charge >= 0.3 is 5.69 Å². The van der Waals surface area contributed by atoms with Crippen LogP contribution in [0.5, 0.6) is 5.88 Å². The van der Waals surface area contributed by atoms with E-state index in [0.717, 1.165) is 18.4 Å². The zero-order chi connectivity index (χ0) is 25.5. The van der Waals surface area contributed by atoms with Crippen LogP contribution in [0.25, 0.3) is 22.9 Å². The summed E-state index contributed by atoms with van der Waals surface area (Å²) in [5, 5.41) is 18.0. The smallest absolute Gasteiger partial charge is 0.326 e. The van der Waals surface area contributed by atoms with E-state index in [-0.39, 0.29) is 36.1 Å². The molecule has 6 rings (SSSR count). The van der Waals surface area contributed by atoms with Crippen LogP contribution in [0.15, 0.2) is 46.6 Å². The van der Waals surface area contributed by atoms with E-state index in [9.17, 15) is 14.3 Å². The number of aromatic amines is 2. The molecule has 186 valence electrons. The Morgan fingerprint density at radius 3 is 2.76 bits per heavy atom. The summed E-state index contributed by atoms with van der Waals surface area (Å²) in [7, 11) is 0. The normalized spacial score (nSPS) is 14.5. The van der Waals surface area contributed by atoms with Gasteiger partial charge in [-0.15, -0.1) is 0 Å². The predicted octanol–water partition coefficient (Wildman–Crippen LogP) is 0.247. The van der Waals surface area contributed by atoms with Gasteiger partial charge in [-0.2, -0.15) is 19.6 Å². The van der Waals surface area contributed by atoms with Crippen molar-refractivity contribution in [2.45, 2.75) is 25.4 Å². The first-order valence-corrected chi connectivity index (χ1v) is 11.4. The monoisotopic (exact) mass is 501 g/mol. The second-order valence-corrected chi connectivity index (χ2v) is 8.51. The number of hydrogen-bond acceptors (Lipinski definition) is 10. The van der Waals surface area contributed by atoms with E-state index in [1.807, 2.05) is 0 Å². The maximum Gasteiger partial charge on any atom is 0.326 e. The van der Waals surface area contributed by atoms with Crippen LogP contribution in [0.4, 0.5) is 16.3 Å². The number of H-pyrrole nitrogens is 2. The standard InChI is InChI=1S/C23H20FN11O2/c24-14-1-4-16(13-8-26-20(25)27-9-13)11(5-14)7-28-21-32-18-12(6-17-19(36)33-23(37)31-17)10-29-35(18)22(34-21)30-15-2-3-15/h1,4-6,8-10,15,36H,2-3,7H2,(H2,25,26,27)(H,28,30,34)(H2,31,33,37). The summed E-state index contributed by atoms with van der Waals surface area (Å²) in [6.45, 7) is 0.190. The summed E-state index contributed by atoms with van der Waals surface area (Å²) < 4.78 is 15.6. The molecule has 0 spiro atoms. The van der Waals surface area contributed by atoms with Crippen LogP contribution in [0.2, 0.25) is 0 Å². The molecule has 13 nitrogen and oxygen atoms in total. The minimum atomic E-state index is -0.543. The summed E-state index contributed by atoms with van der Waals surface area (Å²) >= 11 is 0. The third kappa shape index (κ3) is 4.59. The van der Waals surface area contributed by atoms with Gasteiger partial charge in [-0.05, 0) is 42.2 Å². The van der Waals surface area contributed by atoms with Crippen LogP contribution in [0, 0.1) is 5.82 Å². The van der Waals surface area contributed by atoms with Crippen LogP contribution >= 0.6 is 0 Å². The number of nitrogens with zero attached hydrogens (tertiary/aromatic N) is 7. The zero-order valence-electron chi connectivity index (χ0n) is 19.2. The average molecular weight is 501 g/mol. The Labute approximate surface area is 206 Å². The average Bonchev–Trinajstić information content (AvgIpc) is 3.51. The van der Waals surface area contributed by atoms with Gasteiger partial charge < -0.3 is 21.1 Å². The maximum atomic E-state index is 14.1. The molecule has 4 heterocycles. The number of hydrogen-bond donors (Lipinski definition) is 5. The molecule has 6 N–H and O–H groups in total. The van der Waals surface area contributed by atoms with E-state index in [2.05, 4.69) is 45.3 Å². The Morgan fingerprint density at radius 1 is 1.22 bits per heavy atom. The lowest BCUT2D eigenvalue weighted by atomic mass is 10.0. The molecule has 0 atom stereocenters. The Bertz CT molecular complexity index is 1800. The first-order chi connectivity index (χ1) is 17.9. The Hall–Kier alpha value is -5.14. The second kappa shape index (κ2) is 8.82. The SMILES string of the molecule is Nc1ncc(-c2ccc(F)cc2CNc2nc(=NC3CC3)n3ncc(=Cc4[nH]c(=O)[nH]c4O)c3n2)cn1. The van der Waals surface area contributed by atoms with Crippen molar-refractivity contribution in [1.29, 1.82) is 0 Å². The number of aromatic nitrogens is 8. The van der Waals surface area contributed by atoms with E-state index in [4.69, 9.17) is 5.73 Å². The molecule has 4 aromatic heterocycles. The Balaban J connectivity index is 1.41.